The van der Waals surface area contributed by atoms with Crippen molar-refractivity contribution in [3.8, 4) is 17.1 Å². The third-order valence-corrected chi connectivity index (χ3v) is 4.11. The van der Waals surface area contributed by atoms with Crippen molar-refractivity contribution in [2.75, 3.05) is 19.0 Å². The van der Waals surface area contributed by atoms with Crippen LogP contribution in [0.2, 0.25) is 0 Å². The fourth-order valence-electron chi connectivity index (χ4n) is 2.63. The van der Waals surface area contributed by atoms with Gasteiger partial charge in [0.2, 0.25) is 0 Å². The maximum Gasteiger partial charge on any atom is 0.306 e. The second-order valence-corrected chi connectivity index (χ2v) is 6.18. The zero-order valence-corrected chi connectivity index (χ0v) is 15.8. The van der Waals surface area contributed by atoms with E-state index < -0.39 is 11.9 Å². The lowest BCUT2D eigenvalue weighted by molar-refractivity contribution is -0.147. The number of benzene rings is 2. The predicted molar refractivity (Wildman–Crippen MR) is 105 cm³/mol. The van der Waals surface area contributed by atoms with Crippen molar-refractivity contribution in [3.63, 3.8) is 0 Å². The number of carbonyl (C=O) groups excluding carboxylic acids is 2. The number of nitrogens with one attached hydrogen (secondary N) is 1. The fourth-order valence-corrected chi connectivity index (χ4v) is 2.63. The van der Waals surface area contributed by atoms with Crippen molar-refractivity contribution < 1.29 is 27.9 Å². The average molecular weight is 397 g/mol. The van der Waals surface area contributed by atoms with Gasteiger partial charge >= 0.3 is 5.97 Å². The zero-order chi connectivity index (χ0) is 20.6. The van der Waals surface area contributed by atoms with Gasteiger partial charge in [0, 0.05) is 12.1 Å². The van der Waals surface area contributed by atoms with Crippen LogP contribution in [0.25, 0.3) is 11.3 Å². The number of carbonyl (C=O) groups is 2. The Morgan fingerprint density at radius 2 is 1.79 bits per heavy atom. The summed E-state index contributed by atoms with van der Waals surface area (Å²) in [5, 5.41) is 2.62. The number of methoxy groups -OCH3 is 1. The Morgan fingerprint density at radius 3 is 2.52 bits per heavy atom. The monoisotopic (exact) mass is 397 g/mol. The normalized spacial score (nSPS) is 10.4. The Balaban J connectivity index is 1.43. The number of hydrogen-bond donors (Lipinski definition) is 1. The maximum atomic E-state index is 13.8. The molecule has 0 fully saturated rings. The molecule has 1 N–H and O–H groups in total. The van der Waals surface area contributed by atoms with E-state index in [1.807, 2.05) is 0 Å². The van der Waals surface area contributed by atoms with Gasteiger partial charge in [0.05, 0.1) is 19.1 Å². The lowest BCUT2D eigenvalue weighted by Crippen LogP contribution is -2.21. The van der Waals surface area contributed by atoms with E-state index in [2.05, 4.69) is 5.32 Å². The molecule has 0 unspecified atom stereocenters. The average Bonchev–Trinajstić information content (AvgIpc) is 3.20. The van der Waals surface area contributed by atoms with Gasteiger partial charge in [-0.05, 0) is 48.5 Å². The molecule has 0 saturated heterocycles. The zero-order valence-electron chi connectivity index (χ0n) is 15.8. The summed E-state index contributed by atoms with van der Waals surface area (Å²) in [5.41, 5.74) is 0.930. The highest BCUT2D eigenvalue weighted by atomic mass is 19.1. The SMILES string of the molecule is COc1ccc(NC(=O)COC(=O)CCc2ccc(-c3ccccc3F)o2)cc1. The number of ether oxygens (including phenoxy) is 2. The Labute approximate surface area is 167 Å². The molecule has 150 valence electrons. The molecule has 3 rings (SSSR count). The molecular weight excluding hydrogens is 377 g/mol. The minimum absolute atomic E-state index is 0.0417. The third kappa shape index (κ3) is 5.68. The van der Waals surface area contributed by atoms with E-state index in [4.69, 9.17) is 13.9 Å². The summed E-state index contributed by atoms with van der Waals surface area (Å²) in [6, 6.07) is 16.4. The molecule has 0 bridgehead atoms. The Hall–Kier alpha value is -3.61. The molecule has 6 nitrogen and oxygen atoms in total. The lowest BCUT2D eigenvalue weighted by Gasteiger charge is -2.07. The number of anilines is 1. The first-order chi connectivity index (χ1) is 14.0. The van der Waals surface area contributed by atoms with Gasteiger partial charge < -0.3 is 19.2 Å². The Bertz CT molecular complexity index is 981. The smallest absolute Gasteiger partial charge is 0.306 e. The van der Waals surface area contributed by atoms with Crippen molar-refractivity contribution in [2.24, 2.45) is 0 Å². The van der Waals surface area contributed by atoms with Crippen LogP contribution < -0.4 is 10.1 Å². The molecule has 1 aromatic heterocycles. The minimum Gasteiger partial charge on any atom is -0.497 e. The Kier molecular flexibility index (Phi) is 6.63. The molecule has 7 heteroatoms. The topological polar surface area (TPSA) is 77.8 Å². The van der Waals surface area contributed by atoms with E-state index in [0.29, 0.717) is 28.5 Å². The van der Waals surface area contributed by atoms with Gasteiger partial charge in [0.15, 0.2) is 6.61 Å². The van der Waals surface area contributed by atoms with Gasteiger partial charge in [-0.25, -0.2) is 4.39 Å². The van der Waals surface area contributed by atoms with Gasteiger partial charge in [-0.15, -0.1) is 0 Å². The number of furan rings is 1. The van der Waals surface area contributed by atoms with Crippen molar-refractivity contribution in [1.29, 1.82) is 0 Å². The fraction of sp³-hybridized carbons (Fsp3) is 0.182. The van der Waals surface area contributed by atoms with Gasteiger partial charge in [0.1, 0.15) is 23.1 Å². The first-order valence-corrected chi connectivity index (χ1v) is 8.98. The largest absolute Gasteiger partial charge is 0.497 e. The number of rotatable bonds is 8. The highest BCUT2D eigenvalue weighted by Gasteiger charge is 2.12. The number of esters is 1. The predicted octanol–water partition coefficient (Wildman–Crippen LogP) is 4.21. The molecule has 0 aliphatic carbocycles. The minimum atomic E-state index is -0.529. The Morgan fingerprint density at radius 1 is 1.03 bits per heavy atom. The van der Waals surface area contributed by atoms with Crippen LogP contribution in [-0.4, -0.2) is 25.6 Å². The number of halogens is 1. The van der Waals surface area contributed by atoms with E-state index in [1.165, 1.54) is 6.07 Å². The van der Waals surface area contributed by atoms with Crippen LogP contribution in [0, 0.1) is 5.82 Å². The standard InChI is InChI=1S/C22H20FNO5/c1-27-16-8-6-15(7-9-16)24-21(25)14-28-22(26)13-11-17-10-12-20(29-17)18-4-2-3-5-19(18)23/h2-10,12H,11,13-14H2,1H3,(H,24,25). The molecule has 0 radical (unpaired) electrons. The van der Waals surface area contributed by atoms with E-state index in [-0.39, 0.29) is 25.3 Å². The molecule has 1 heterocycles. The van der Waals surface area contributed by atoms with Crippen molar-refractivity contribution in [2.45, 2.75) is 12.8 Å². The molecule has 1 amide bonds. The van der Waals surface area contributed by atoms with Crippen LogP contribution in [0.1, 0.15) is 12.2 Å². The number of aryl methyl sites for hydroxylation is 1. The van der Waals surface area contributed by atoms with E-state index in [0.717, 1.165) is 0 Å². The highest BCUT2D eigenvalue weighted by molar-refractivity contribution is 5.92. The quantitative estimate of drug-likeness (QED) is 0.576. The number of hydrogen-bond acceptors (Lipinski definition) is 5. The van der Waals surface area contributed by atoms with E-state index >= 15 is 0 Å². The molecule has 29 heavy (non-hydrogen) atoms. The van der Waals surface area contributed by atoms with Crippen LogP contribution in [0.15, 0.2) is 65.1 Å². The summed E-state index contributed by atoms with van der Waals surface area (Å²) in [5.74, 6) is 0.247. The molecule has 0 aliphatic rings. The van der Waals surface area contributed by atoms with Crippen LogP contribution in [0.5, 0.6) is 5.75 Å². The summed E-state index contributed by atoms with van der Waals surface area (Å²) in [4.78, 5) is 23.7. The van der Waals surface area contributed by atoms with Gasteiger partial charge in [-0.3, -0.25) is 9.59 Å². The van der Waals surface area contributed by atoms with E-state index in [1.54, 1.807) is 61.7 Å². The van der Waals surface area contributed by atoms with Gasteiger partial charge in [0.25, 0.3) is 5.91 Å². The van der Waals surface area contributed by atoms with Crippen molar-refractivity contribution in [3.05, 3.63) is 72.2 Å². The highest BCUT2D eigenvalue weighted by Crippen LogP contribution is 2.25. The van der Waals surface area contributed by atoms with Crippen LogP contribution >= 0.6 is 0 Å². The summed E-state index contributed by atoms with van der Waals surface area (Å²) < 4.78 is 29.4. The van der Waals surface area contributed by atoms with Crippen LogP contribution in [0.3, 0.4) is 0 Å². The lowest BCUT2D eigenvalue weighted by atomic mass is 10.1. The molecule has 3 aromatic rings. The summed E-state index contributed by atoms with van der Waals surface area (Å²) in [6.45, 7) is -0.385. The maximum absolute atomic E-state index is 13.8. The van der Waals surface area contributed by atoms with Gasteiger partial charge in [-0.1, -0.05) is 12.1 Å². The van der Waals surface area contributed by atoms with Crippen LogP contribution in [0.4, 0.5) is 10.1 Å². The van der Waals surface area contributed by atoms with E-state index in [9.17, 15) is 14.0 Å². The van der Waals surface area contributed by atoms with Crippen LogP contribution in [-0.2, 0) is 20.7 Å². The first-order valence-electron chi connectivity index (χ1n) is 8.98. The summed E-state index contributed by atoms with van der Waals surface area (Å²) in [7, 11) is 1.55. The third-order valence-electron chi connectivity index (χ3n) is 4.11. The second kappa shape index (κ2) is 9.54. The molecule has 0 atom stereocenters. The molecule has 0 saturated carbocycles. The first kappa shape index (κ1) is 20.1. The van der Waals surface area contributed by atoms with Crippen molar-refractivity contribution in [1.82, 2.24) is 0 Å². The summed E-state index contributed by atoms with van der Waals surface area (Å²) in [6.07, 6.45) is 0.327. The van der Waals surface area contributed by atoms with Crippen molar-refractivity contribution >= 4 is 17.6 Å². The molecule has 0 spiro atoms. The second-order valence-electron chi connectivity index (χ2n) is 6.18. The number of amides is 1. The molecule has 0 aliphatic heterocycles. The van der Waals surface area contributed by atoms with Gasteiger partial charge in [-0.2, -0.15) is 0 Å². The molecular formula is C22H20FNO5. The molecule has 2 aromatic carbocycles. The summed E-state index contributed by atoms with van der Waals surface area (Å²) >= 11 is 0.